The molecule has 0 bridgehead atoms. The molecule has 1 saturated carbocycles. The van der Waals surface area contributed by atoms with Gasteiger partial charge in [-0.1, -0.05) is 41.0 Å². The fourth-order valence-electron chi connectivity index (χ4n) is 3.10. The minimum absolute atomic E-state index is 0.553. The summed E-state index contributed by atoms with van der Waals surface area (Å²) in [5.41, 5.74) is 0.553. The third kappa shape index (κ3) is 2.50. The van der Waals surface area contributed by atoms with E-state index >= 15 is 0 Å². The van der Waals surface area contributed by atoms with Crippen molar-refractivity contribution in [3.63, 3.8) is 0 Å². The van der Waals surface area contributed by atoms with Crippen molar-refractivity contribution >= 4 is 0 Å². The standard InChI is InChI=1S/C13H27N/c1-6-14-12(10(2)3)11-8-7-9-13(11,4)5/h10-12,14H,6-9H2,1-5H3. The molecule has 2 unspecified atom stereocenters. The summed E-state index contributed by atoms with van der Waals surface area (Å²) in [5, 5.41) is 3.68. The summed E-state index contributed by atoms with van der Waals surface area (Å²) in [7, 11) is 0. The predicted octanol–water partition coefficient (Wildman–Crippen LogP) is 3.45. The molecule has 1 aliphatic rings. The zero-order chi connectivity index (χ0) is 10.8. The lowest BCUT2D eigenvalue weighted by Gasteiger charge is -2.37. The molecule has 0 aliphatic heterocycles. The lowest BCUT2D eigenvalue weighted by Crippen LogP contribution is -2.44. The average molecular weight is 197 g/mol. The minimum atomic E-state index is 0.553. The highest BCUT2D eigenvalue weighted by molar-refractivity contribution is 4.93. The van der Waals surface area contributed by atoms with Crippen molar-refractivity contribution in [3.05, 3.63) is 0 Å². The van der Waals surface area contributed by atoms with E-state index in [0.717, 1.165) is 24.4 Å². The Morgan fingerprint density at radius 2 is 2.00 bits per heavy atom. The van der Waals surface area contributed by atoms with Gasteiger partial charge in [-0.05, 0) is 36.6 Å². The van der Waals surface area contributed by atoms with E-state index in [2.05, 4.69) is 39.9 Å². The van der Waals surface area contributed by atoms with Gasteiger partial charge >= 0.3 is 0 Å². The second-order valence-corrected chi connectivity index (χ2v) is 5.81. The van der Waals surface area contributed by atoms with Crippen LogP contribution in [0, 0.1) is 17.3 Å². The summed E-state index contributed by atoms with van der Waals surface area (Å²) in [6.07, 6.45) is 4.25. The van der Waals surface area contributed by atoms with E-state index in [1.54, 1.807) is 0 Å². The normalized spacial score (nSPS) is 28.3. The van der Waals surface area contributed by atoms with Gasteiger partial charge in [0.05, 0.1) is 0 Å². The van der Waals surface area contributed by atoms with Crippen LogP contribution in [0.15, 0.2) is 0 Å². The fourth-order valence-corrected chi connectivity index (χ4v) is 3.10. The zero-order valence-corrected chi connectivity index (χ0v) is 10.6. The molecule has 0 heterocycles. The van der Waals surface area contributed by atoms with Gasteiger partial charge in [0.1, 0.15) is 0 Å². The van der Waals surface area contributed by atoms with Crippen LogP contribution in [0.4, 0.5) is 0 Å². The summed E-state index contributed by atoms with van der Waals surface area (Å²) in [4.78, 5) is 0. The molecule has 1 N–H and O–H groups in total. The Labute approximate surface area is 89.7 Å². The topological polar surface area (TPSA) is 12.0 Å². The van der Waals surface area contributed by atoms with Crippen molar-refractivity contribution in [3.8, 4) is 0 Å². The molecule has 1 rings (SSSR count). The average Bonchev–Trinajstić information content (AvgIpc) is 2.40. The summed E-state index contributed by atoms with van der Waals surface area (Å²) < 4.78 is 0. The molecule has 0 amide bonds. The molecule has 0 aromatic rings. The number of hydrogen-bond acceptors (Lipinski definition) is 1. The second-order valence-electron chi connectivity index (χ2n) is 5.81. The van der Waals surface area contributed by atoms with Crippen molar-refractivity contribution in [2.75, 3.05) is 6.54 Å². The highest BCUT2D eigenvalue weighted by Crippen LogP contribution is 2.45. The second kappa shape index (κ2) is 4.65. The van der Waals surface area contributed by atoms with Gasteiger partial charge in [0.25, 0.3) is 0 Å². The van der Waals surface area contributed by atoms with E-state index in [4.69, 9.17) is 0 Å². The van der Waals surface area contributed by atoms with E-state index in [-0.39, 0.29) is 0 Å². The molecule has 0 spiro atoms. The zero-order valence-electron chi connectivity index (χ0n) is 10.6. The van der Waals surface area contributed by atoms with Crippen LogP contribution in [0.1, 0.15) is 53.9 Å². The first-order valence-electron chi connectivity index (χ1n) is 6.22. The van der Waals surface area contributed by atoms with Crippen LogP contribution >= 0.6 is 0 Å². The Kier molecular flexibility index (Phi) is 4.00. The van der Waals surface area contributed by atoms with E-state index in [9.17, 15) is 0 Å². The molecule has 1 nitrogen and oxygen atoms in total. The molecule has 0 saturated heterocycles. The van der Waals surface area contributed by atoms with Gasteiger partial charge in [0.2, 0.25) is 0 Å². The predicted molar refractivity (Wildman–Crippen MR) is 63.4 cm³/mol. The van der Waals surface area contributed by atoms with Gasteiger partial charge in [0.15, 0.2) is 0 Å². The Bertz CT molecular complexity index is 172. The monoisotopic (exact) mass is 197 g/mol. The molecule has 1 fully saturated rings. The van der Waals surface area contributed by atoms with Crippen molar-refractivity contribution < 1.29 is 0 Å². The minimum Gasteiger partial charge on any atom is -0.314 e. The fraction of sp³-hybridized carbons (Fsp3) is 1.00. The Morgan fingerprint density at radius 3 is 2.36 bits per heavy atom. The maximum atomic E-state index is 3.68. The van der Waals surface area contributed by atoms with Crippen molar-refractivity contribution in [1.29, 1.82) is 0 Å². The first-order chi connectivity index (χ1) is 6.49. The van der Waals surface area contributed by atoms with Gasteiger partial charge < -0.3 is 5.32 Å². The van der Waals surface area contributed by atoms with E-state index in [1.807, 2.05) is 0 Å². The molecule has 0 aromatic carbocycles. The van der Waals surface area contributed by atoms with Gasteiger partial charge in [-0.3, -0.25) is 0 Å². The first-order valence-corrected chi connectivity index (χ1v) is 6.22. The van der Waals surface area contributed by atoms with Crippen LogP contribution in [0.25, 0.3) is 0 Å². The summed E-state index contributed by atoms with van der Waals surface area (Å²) in [6, 6.07) is 0.720. The van der Waals surface area contributed by atoms with Crippen LogP contribution in [0.2, 0.25) is 0 Å². The third-order valence-electron chi connectivity index (χ3n) is 3.93. The molecule has 1 heteroatoms. The molecular weight excluding hydrogens is 170 g/mol. The van der Waals surface area contributed by atoms with Crippen molar-refractivity contribution in [2.45, 2.75) is 59.9 Å². The van der Waals surface area contributed by atoms with Crippen LogP contribution in [-0.4, -0.2) is 12.6 Å². The van der Waals surface area contributed by atoms with Crippen LogP contribution in [0.3, 0.4) is 0 Å². The molecule has 0 radical (unpaired) electrons. The largest absolute Gasteiger partial charge is 0.314 e. The summed E-state index contributed by atoms with van der Waals surface area (Å²) in [5.74, 6) is 1.64. The van der Waals surface area contributed by atoms with Gasteiger partial charge in [-0.15, -0.1) is 0 Å². The van der Waals surface area contributed by atoms with Gasteiger partial charge in [0, 0.05) is 6.04 Å². The lowest BCUT2D eigenvalue weighted by atomic mass is 9.74. The SMILES string of the molecule is CCNC(C(C)C)C1CCCC1(C)C. The lowest BCUT2D eigenvalue weighted by molar-refractivity contribution is 0.166. The Morgan fingerprint density at radius 1 is 1.36 bits per heavy atom. The highest BCUT2D eigenvalue weighted by atomic mass is 14.9. The number of hydrogen-bond donors (Lipinski definition) is 1. The van der Waals surface area contributed by atoms with Crippen molar-refractivity contribution in [1.82, 2.24) is 5.32 Å². The van der Waals surface area contributed by atoms with Crippen LogP contribution in [0.5, 0.6) is 0 Å². The number of nitrogens with one attached hydrogen (secondary N) is 1. The third-order valence-corrected chi connectivity index (χ3v) is 3.93. The molecular formula is C13H27N. The molecule has 14 heavy (non-hydrogen) atoms. The number of rotatable bonds is 4. The smallest absolute Gasteiger partial charge is 0.0123 e. The Balaban J connectivity index is 2.67. The van der Waals surface area contributed by atoms with Crippen LogP contribution < -0.4 is 5.32 Å². The highest BCUT2D eigenvalue weighted by Gasteiger charge is 2.39. The quantitative estimate of drug-likeness (QED) is 0.728. The maximum absolute atomic E-state index is 3.68. The van der Waals surface area contributed by atoms with Crippen molar-refractivity contribution in [2.24, 2.45) is 17.3 Å². The van der Waals surface area contributed by atoms with E-state index in [0.29, 0.717) is 5.41 Å². The Hall–Kier alpha value is -0.0400. The maximum Gasteiger partial charge on any atom is 0.0123 e. The molecule has 1 aliphatic carbocycles. The summed E-state index contributed by atoms with van der Waals surface area (Å²) in [6.45, 7) is 12.9. The van der Waals surface area contributed by atoms with Gasteiger partial charge in [-0.25, -0.2) is 0 Å². The summed E-state index contributed by atoms with van der Waals surface area (Å²) >= 11 is 0. The van der Waals surface area contributed by atoms with E-state index < -0.39 is 0 Å². The molecule has 84 valence electrons. The van der Waals surface area contributed by atoms with Gasteiger partial charge in [-0.2, -0.15) is 0 Å². The van der Waals surface area contributed by atoms with E-state index in [1.165, 1.54) is 19.3 Å². The molecule has 0 aromatic heterocycles. The first kappa shape index (κ1) is 12.0. The van der Waals surface area contributed by atoms with Crippen LogP contribution in [-0.2, 0) is 0 Å². The molecule has 2 atom stereocenters.